The predicted molar refractivity (Wildman–Crippen MR) is 69.0 cm³/mol. The van der Waals surface area contributed by atoms with E-state index in [4.69, 9.17) is 0 Å². The second-order valence-electron chi connectivity index (χ2n) is 4.20. The summed E-state index contributed by atoms with van der Waals surface area (Å²) in [6, 6.07) is 5.08. The Morgan fingerprint density at radius 1 is 1.17 bits per heavy atom. The molecule has 90 valence electrons. The van der Waals surface area contributed by atoms with Crippen LogP contribution in [0.1, 0.15) is 11.4 Å². The third-order valence-corrected chi connectivity index (χ3v) is 3.11. The summed E-state index contributed by atoms with van der Waals surface area (Å²) in [4.78, 5) is 22.8. The minimum Gasteiger partial charge on any atom is -0.322 e. The monoisotopic (exact) mass is 240 g/mol. The first-order valence-electron chi connectivity index (χ1n) is 5.66. The number of rotatable bonds is 1. The Hall–Kier alpha value is -2.43. The maximum absolute atomic E-state index is 11.3. The zero-order valence-corrected chi connectivity index (χ0v) is 10.1. The van der Waals surface area contributed by atoms with Crippen molar-refractivity contribution in [1.82, 2.24) is 19.5 Å². The number of imidazole rings is 1. The van der Waals surface area contributed by atoms with Gasteiger partial charge in [0.15, 0.2) is 0 Å². The number of fused-ring (bicyclic) bond motifs is 1. The lowest BCUT2D eigenvalue weighted by molar-refractivity contribution is 0.961. The van der Waals surface area contributed by atoms with E-state index < -0.39 is 0 Å². The Morgan fingerprint density at radius 3 is 2.72 bits per heavy atom. The highest BCUT2D eigenvalue weighted by Crippen LogP contribution is 2.19. The van der Waals surface area contributed by atoms with E-state index in [2.05, 4.69) is 15.0 Å². The van der Waals surface area contributed by atoms with Crippen LogP contribution < -0.4 is 5.56 Å². The largest absolute Gasteiger partial charge is 0.322 e. The number of nitrogens with zero attached hydrogens (tertiary/aromatic N) is 3. The van der Waals surface area contributed by atoms with Crippen LogP contribution >= 0.6 is 0 Å². The molecule has 0 aliphatic carbocycles. The smallest absolute Gasteiger partial charge is 0.248 e. The fraction of sp³-hybridized carbons (Fsp3) is 0.154. The highest BCUT2D eigenvalue weighted by Gasteiger charge is 2.09. The molecule has 3 aromatic rings. The Morgan fingerprint density at radius 2 is 2.00 bits per heavy atom. The van der Waals surface area contributed by atoms with Crippen LogP contribution in [0.15, 0.2) is 35.5 Å². The van der Waals surface area contributed by atoms with Gasteiger partial charge in [-0.2, -0.15) is 0 Å². The highest BCUT2D eigenvalue weighted by atomic mass is 16.1. The van der Waals surface area contributed by atoms with Gasteiger partial charge in [0.1, 0.15) is 12.1 Å². The molecule has 3 aromatic heterocycles. The average molecular weight is 240 g/mol. The molecule has 0 radical (unpaired) electrons. The van der Waals surface area contributed by atoms with Crippen LogP contribution in [0.25, 0.3) is 16.7 Å². The van der Waals surface area contributed by atoms with Crippen molar-refractivity contribution in [3.05, 3.63) is 52.5 Å². The van der Waals surface area contributed by atoms with Crippen LogP contribution in [-0.4, -0.2) is 19.5 Å². The fourth-order valence-corrected chi connectivity index (χ4v) is 1.97. The number of aromatic nitrogens is 4. The van der Waals surface area contributed by atoms with Crippen molar-refractivity contribution in [3.8, 4) is 5.82 Å². The van der Waals surface area contributed by atoms with Crippen LogP contribution in [0.5, 0.6) is 0 Å². The SMILES string of the molecule is Cc1ncn(-c2nccc3[nH]c(=O)ccc23)c1C. The molecule has 5 nitrogen and oxygen atoms in total. The quantitative estimate of drug-likeness (QED) is 0.704. The van der Waals surface area contributed by atoms with Crippen molar-refractivity contribution in [2.45, 2.75) is 13.8 Å². The fourth-order valence-electron chi connectivity index (χ4n) is 1.97. The molecule has 0 unspecified atom stereocenters. The van der Waals surface area contributed by atoms with E-state index in [1.807, 2.05) is 18.4 Å². The summed E-state index contributed by atoms with van der Waals surface area (Å²) in [5.41, 5.74) is 2.68. The van der Waals surface area contributed by atoms with Gasteiger partial charge in [0.2, 0.25) is 5.56 Å². The number of hydrogen-bond acceptors (Lipinski definition) is 3. The number of aromatic amines is 1. The van der Waals surface area contributed by atoms with Crippen LogP contribution in [0.2, 0.25) is 0 Å². The number of nitrogens with one attached hydrogen (secondary N) is 1. The van der Waals surface area contributed by atoms with Gasteiger partial charge in [0, 0.05) is 23.3 Å². The van der Waals surface area contributed by atoms with E-state index in [0.717, 1.165) is 28.1 Å². The van der Waals surface area contributed by atoms with Crippen molar-refractivity contribution in [1.29, 1.82) is 0 Å². The van der Waals surface area contributed by atoms with E-state index in [1.165, 1.54) is 6.07 Å². The van der Waals surface area contributed by atoms with E-state index in [9.17, 15) is 4.79 Å². The van der Waals surface area contributed by atoms with Gasteiger partial charge in [-0.05, 0) is 26.0 Å². The van der Waals surface area contributed by atoms with Gasteiger partial charge in [-0.3, -0.25) is 9.36 Å². The van der Waals surface area contributed by atoms with Gasteiger partial charge in [-0.25, -0.2) is 9.97 Å². The van der Waals surface area contributed by atoms with Crippen molar-refractivity contribution in [2.75, 3.05) is 0 Å². The van der Waals surface area contributed by atoms with Gasteiger partial charge in [-0.15, -0.1) is 0 Å². The maximum atomic E-state index is 11.3. The lowest BCUT2D eigenvalue weighted by Crippen LogP contribution is -2.05. The molecule has 0 aliphatic rings. The molecule has 3 rings (SSSR count). The third kappa shape index (κ3) is 1.52. The molecule has 3 heterocycles. The molecule has 18 heavy (non-hydrogen) atoms. The minimum atomic E-state index is -0.113. The highest BCUT2D eigenvalue weighted by molar-refractivity contribution is 5.85. The Bertz CT molecular complexity index is 785. The molecule has 5 heteroatoms. The van der Waals surface area contributed by atoms with Crippen LogP contribution in [0.3, 0.4) is 0 Å². The first-order chi connectivity index (χ1) is 8.66. The second-order valence-corrected chi connectivity index (χ2v) is 4.20. The van der Waals surface area contributed by atoms with Crippen LogP contribution in [-0.2, 0) is 0 Å². The summed E-state index contributed by atoms with van der Waals surface area (Å²) in [7, 11) is 0. The molecule has 0 aromatic carbocycles. The Kier molecular flexibility index (Phi) is 2.26. The molecule has 0 bridgehead atoms. The third-order valence-electron chi connectivity index (χ3n) is 3.11. The lowest BCUT2D eigenvalue weighted by atomic mass is 10.2. The number of hydrogen-bond donors (Lipinski definition) is 1. The molecule has 0 aliphatic heterocycles. The second kappa shape index (κ2) is 3.80. The first kappa shape index (κ1) is 10.7. The molecular weight excluding hydrogens is 228 g/mol. The van der Waals surface area contributed by atoms with E-state index in [0.29, 0.717) is 0 Å². The van der Waals surface area contributed by atoms with Gasteiger partial charge < -0.3 is 4.98 Å². The minimum absolute atomic E-state index is 0.113. The van der Waals surface area contributed by atoms with E-state index >= 15 is 0 Å². The van der Waals surface area contributed by atoms with Gasteiger partial charge in [-0.1, -0.05) is 0 Å². The van der Waals surface area contributed by atoms with Gasteiger partial charge in [0.05, 0.1) is 11.2 Å². The van der Waals surface area contributed by atoms with Crippen LogP contribution in [0, 0.1) is 13.8 Å². The normalized spacial score (nSPS) is 11.0. The Balaban J connectivity index is 2.36. The molecule has 0 fully saturated rings. The summed E-state index contributed by atoms with van der Waals surface area (Å²) < 4.78 is 1.93. The summed E-state index contributed by atoms with van der Waals surface area (Å²) in [5.74, 6) is 0.779. The van der Waals surface area contributed by atoms with Gasteiger partial charge >= 0.3 is 0 Å². The van der Waals surface area contributed by atoms with Crippen LogP contribution in [0.4, 0.5) is 0 Å². The standard InChI is InChI=1S/C13H12N4O/c1-8-9(2)17(7-15-8)13-10-3-4-12(18)16-11(10)5-6-14-13/h3-7H,1-2H3,(H,16,18). The lowest BCUT2D eigenvalue weighted by Gasteiger charge is -2.07. The molecule has 0 atom stereocenters. The average Bonchev–Trinajstić information content (AvgIpc) is 2.69. The van der Waals surface area contributed by atoms with E-state index in [1.54, 1.807) is 24.7 Å². The molecule has 0 saturated heterocycles. The maximum Gasteiger partial charge on any atom is 0.248 e. The van der Waals surface area contributed by atoms with Crippen molar-refractivity contribution < 1.29 is 0 Å². The summed E-state index contributed by atoms with van der Waals surface area (Å²) >= 11 is 0. The van der Waals surface area contributed by atoms with Crippen molar-refractivity contribution in [2.24, 2.45) is 0 Å². The zero-order valence-electron chi connectivity index (χ0n) is 10.1. The summed E-state index contributed by atoms with van der Waals surface area (Å²) in [6.45, 7) is 3.95. The number of H-pyrrole nitrogens is 1. The summed E-state index contributed by atoms with van der Waals surface area (Å²) in [5, 5.41) is 0.901. The molecule has 1 N–H and O–H groups in total. The van der Waals surface area contributed by atoms with Gasteiger partial charge in [0.25, 0.3) is 0 Å². The van der Waals surface area contributed by atoms with Crippen molar-refractivity contribution in [3.63, 3.8) is 0 Å². The molecule has 0 spiro atoms. The molecule has 0 amide bonds. The molecule has 0 saturated carbocycles. The predicted octanol–water partition coefficient (Wildman–Crippen LogP) is 1.73. The number of aryl methyl sites for hydroxylation is 1. The first-order valence-corrected chi connectivity index (χ1v) is 5.66. The molecular formula is C13H12N4O. The topological polar surface area (TPSA) is 63.6 Å². The van der Waals surface area contributed by atoms with Crippen molar-refractivity contribution >= 4 is 10.9 Å². The zero-order chi connectivity index (χ0) is 12.7. The Labute approximate surface area is 103 Å². The van der Waals surface area contributed by atoms with E-state index in [-0.39, 0.29) is 5.56 Å². The summed E-state index contributed by atoms with van der Waals surface area (Å²) in [6.07, 6.45) is 3.43. The number of pyridine rings is 2.